The molecule has 0 bridgehead atoms. The van der Waals surface area contributed by atoms with Crippen LogP contribution in [-0.4, -0.2) is 41.4 Å². The summed E-state index contributed by atoms with van der Waals surface area (Å²) in [6.45, 7) is 1.18. The molecule has 6 heteroatoms. The van der Waals surface area contributed by atoms with Crippen LogP contribution in [0.5, 0.6) is 0 Å². The Morgan fingerprint density at radius 2 is 1.96 bits per heavy atom. The van der Waals surface area contributed by atoms with E-state index < -0.39 is 5.60 Å². The van der Waals surface area contributed by atoms with Crippen molar-refractivity contribution in [3.05, 3.63) is 48.0 Å². The summed E-state index contributed by atoms with van der Waals surface area (Å²) in [4.78, 5) is 15.3. The molecule has 1 fully saturated rings. The second-order valence-corrected chi connectivity index (χ2v) is 5.81. The molecule has 0 unspecified atom stereocenters. The highest BCUT2D eigenvalue weighted by Crippen LogP contribution is 2.24. The zero-order chi connectivity index (χ0) is 16.3. The number of hydrogen-bond donors (Lipinski definition) is 3. The Morgan fingerprint density at radius 1 is 1.26 bits per heavy atom. The Hall–Kier alpha value is -2.18. The molecule has 1 aromatic carbocycles. The number of amides is 1. The van der Waals surface area contributed by atoms with Gasteiger partial charge in [-0.2, -0.15) is 0 Å². The summed E-state index contributed by atoms with van der Waals surface area (Å²) >= 11 is 0. The van der Waals surface area contributed by atoms with E-state index in [1.54, 1.807) is 24.5 Å². The number of benzene rings is 1. The van der Waals surface area contributed by atoms with Crippen molar-refractivity contribution in [3.8, 4) is 11.1 Å². The quantitative estimate of drug-likeness (QED) is 0.808. The standard InChI is InChI=1S/C17H19FN2O3/c18-13-3-1-12(2-4-13)14-9-19-10-15(14)16(21)20-11-17(22)5-7-23-8-6-17/h1-4,9-10,19,22H,5-8,11H2,(H,20,21). The minimum atomic E-state index is -0.916. The third-order valence-electron chi connectivity index (χ3n) is 4.15. The van der Waals surface area contributed by atoms with Gasteiger partial charge in [0.25, 0.3) is 5.91 Å². The first-order valence-electron chi connectivity index (χ1n) is 7.58. The average Bonchev–Trinajstić information content (AvgIpc) is 3.04. The normalized spacial score (nSPS) is 17.0. The first-order valence-corrected chi connectivity index (χ1v) is 7.58. The fourth-order valence-corrected chi connectivity index (χ4v) is 2.69. The van der Waals surface area contributed by atoms with E-state index in [1.165, 1.54) is 12.1 Å². The van der Waals surface area contributed by atoms with Crippen molar-refractivity contribution in [2.75, 3.05) is 19.8 Å². The summed E-state index contributed by atoms with van der Waals surface area (Å²) in [7, 11) is 0. The highest BCUT2D eigenvalue weighted by Gasteiger charge is 2.30. The first-order chi connectivity index (χ1) is 11.1. The molecule has 0 radical (unpaired) electrons. The number of nitrogens with one attached hydrogen (secondary N) is 2. The van der Waals surface area contributed by atoms with Gasteiger partial charge in [0.2, 0.25) is 0 Å². The summed E-state index contributed by atoms with van der Waals surface area (Å²) in [5.74, 6) is -0.595. The molecular weight excluding hydrogens is 299 g/mol. The number of hydrogen-bond acceptors (Lipinski definition) is 3. The SMILES string of the molecule is O=C(NCC1(O)CCOCC1)c1c[nH]cc1-c1ccc(F)cc1. The van der Waals surface area contributed by atoms with Crippen LogP contribution >= 0.6 is 0 Å². The smallest absolute Gasteiger partial charge is 0.253 e. The summed E-state index contributed by atoms with van der Waals surface area (Å²) in [6.07, 6.45) is 4.31. The van der Waals surface area contributed by atoms with Gasteiger partial charge >= 0.3 is 0 Å². The van der Waals surface area contributed by atoms with Gasteiger partial charge in [-0.15, -0.1) is 0 Å². The molecule has 0 saturated carbocycles. The number of carbonyl (C=O) groups excluding carboxylic acids is 1. The number of carbonyl (C=O) groups is 1. The van der Waals surface area contributed by atoms with E-state index in [2.05, 4.69) is 10.3 Å². The monoisotopic (exact) mass is 318 g/mol. The Morgan fingerprint density at radius 3 is 2.65 bits per heavy atom. The third kappa shape index (κ3) is 3.60. The van der Waals surface area contributed by atoms with E-state index in [0.29, 0.717) is 37.2 Å². The minimum absolute atomic E-state index is 0.184. The zero-order valence-electron chi connectivity index (χ0n) is 12.6. The molecule has 1 amide bonds. The van der Waals surface area contributed by atoms with Gasteiger partial charge in [-0.1, -0.05) is 12.1 Å². The molecule has 0 atom stereocenters. The van der Waals surface area contributed by atoms with Crippen LogP contribution in [0.1, 0.15) is 23.2 Å². The molecule has 1 saturated heterocycles. The lowest BCUT2D eigenvalue weighted by molar-refractivity contribution is -0.0605. The minimum Gasteiger partial charge on any atom is -0.388 e. The molecule has 122 valence electrons. The van der Waals surface area contributed by atoms with Crippen molar-refractivity contribution in [1.82, 2.24) is 10.3 Å². The molecule has 0 aliphatic carbocycles. The van der Waals surface area contributed by atoms with Gasteiger partial charge in [0.05, 0.1) is 11.2 Å². The van der Waals surface area contributed by atoms with Crippen molar-refractivity contribution in [2.45, 2.75) is 18.4 Å². The lowest BCUT2D eigenvalue weighted by Gasteiger charge is -2.32. The fourth-order valence-electron chi connectivity index (χ4n) is 2.69. The lowest BCUT2D eigenvalue weighted by Crippen LogP contribution is -2.46. The second kappa shape index (κ2) is 6.52. The van der Waals surface area contributed by atoms with Gasteiger partial charge in [0.15, 0.2) is 0 Å². The van der Waals surface area contributed by atoms with Crippen LogP contribution < -0.4 is 5.32 Å². The molecule has 3 rings (SSSR count). The molecule has 3 N–H and O–H groups in total. The largest absolute Gasteiger partial charge is 0.388 e. The predicted octanol–water partition coefficient (Wildman–Crippen LogP) is 2.09. The number of H-pyrrole nitrogens is 1. The van der Waals surface area contributed by atoms with Gasteiger partial charge < -0.3 is 20.1 Å². The van der Waals surface area contributed by atoms with Crippen molar-refractivity contribution in [1.29, 1.82) is 0 Å². The van der Waals surface area contributed by atoms with Crippen molar-refractivity contribution in [2.24, 2.45) is 0 Å². The van der Waals surface area contributed by atoms with Gasteiger partial charge in [-0.3, -0.25) is 4.79 Å². The lowest BCUT2D eigenvalue weighted by atomic mass is 9.94. The Labute approximate surface area is 133 Å². The molecular formula is C17H19FN2O3. The van der Waals surface area contributed by atoms with Gasteiger partial charge in [-0.25, -0.2) is 4.39 Å². The number of aromatic amines is 1. The van der Waals surface area contributed by atoms with Crippen LogP contribution in [-0.2, 0) is 4.74 Å². The molecule has 1 aliphatic heterocycles. The summed E-state index contributed by atoms with van der Waals surface area (Å²) in [5.41, 5.74) is 0.997. The predicted molar refractivity (Wildman–Crippen MR) is 83.5 cm³/mol. The van der Waals surface area contributed by atoms with E-state index in [0.717, 1.165) is 5.56 Å². The van der Waals surface area contributed by atoms with E-state index in [-0.39, 0.29) is 18.3 Å². The maximum Gasteiger partial charge on any atom is 0.253 e. The molecule has 1 aliphatic rings. The van der Waals surface area contributed by atoms with E-state index >= 15 is 0 Å². The van der Waals surface area contributed by atoms with Gasteiger partial charge in [0.1, 0.15) is 5.82 Å². The van der Waals surface area contributed by atoms with Crippen LogP contribution in [0.25, 0.3) is 11.1 Å². The maximum absolute atomic E-state index is 13.0. The number of ether oxygens (including phenoxy) is 1. The Balaban J connectivity index is 1.71. The number of halogens is 1. The molecule has 1 aromatic heterocycles. The number of rotatable bonds is 4. The van der Waals surface area contributed by atoms with Crippen LogP contribution in [0.4, 0.5) is 4.39 Å². The molecule has 2 aromatic rings. The molecule has 2 heterocycles. The Kier molecular flexibility index (Phi) is 4.45. The van der Waals surface area contributed by atoms with Crippen LogP contribution in [0.2, 0.25) is 0 Å². The number of aliphatic hydroxyl groups is 1. The van der Waals surface area contributed by atoms with Crippen molar-refractivity contribution < 1.29 is 19.0 Å². The topological polar surface area (TPSA) is 74.3 Å². The fraction of sp³-hybridized carbons (Fsp3) is 0.353. The average molecular weight is 318 g/mol. The van der Waals surface area contributed by atoms with Crippen molar-refractivity contribution >= 4 is 5.91 Å². The van der Waals surface area contributed by atoms with Gasteiger partial charge in [-0.05, 0) is 17.7 Å². The van der Waals surface area contributed by atoms with E-state index in [9.17, 15) is 14.3 Å². The second-order valence-electron chi connectivity index (χ2n) is 5.81. The van der Waals surface area contributed by atoms with E-state index in [4.69, 9.17) is 4.74 Å². The molecule has 0 spiro atoms. The van der Waals surface area contributed by atoms with E-state index in [1.807, 2.05) is 0 Å². The summed E-state index contributed by atoms with van der Waals surface area (Å²) in [6, 6.07) is 5.96. The van der Waals surface area contributed by atoms with Crippen LogP contribution in [0.3, 0.4) is 0 Å². The summed E-state index contributed by atoms with van der Waals surface area (Å²) < 4.78 is 18.3. The number of aromatic nitrogens is 1. The van der Waals surface area contributed by atoms with Gasteiger partial charge in [0, 0.05) is 50.6 Å². The first kappa shape index (κ1) is 15.7. The van der Waals surface area contributed by atoms with Crippen molar-refractivity contribution in [3.63, 3.8) is 0 Å². The highest BCUT2D eigenvalue weighted by atomic mass is 19.1. The molecule has 5 nitrogen and oxygen atoms in total. The molecule has 23 heavy (non-hydrogen) atoms. The third-order valence-corrected chi connectivity index (χ3v) is 4.15. The van der Waals surface area contributed by atoms with Crippen LogP contribution in [0.15, 0.2) is 36.7 Å². The summed E-state index contributed by atoms with van der Waals surface area (Å²) in [5, 5.41) is 13.2. The maximum atomic E-state index is 13.0. The van der Waals surface area contributed by atoms with Crippen LogP contribution in [0, 0.1) is 5.82 Å². The zero-order valence-corrected chi connectivity index (χ0v) is 12.6. The Bertz CT molecular complexity index is 675. The highest BCUT2D eigenvalue weighted by molar-refractivity contribution is 6.00.